The molecule has 0 amide bonds. The van der Waals surface area contributed by atoms with Gasteiger partial charge < -0.3 is 25.3 Å². The van der Waals surface area contributed by atoms with Crippen LogP contribution < -0.4 is 11.1 Å². The molecule has 0 radical (unpaired) electrons. The Kier molecular flexibility index (Phi) is 18.9. The minimum Gasteiger partial charge on any atom is -0.385 e. The molecule has 4 aromatic rings. The molecule has 1 fully saturated rings. The van der Waals surface area contributed by atoms with E-state index in [9.17, 15) is 0 Å². The number of imidazole rings is 1. The monoisotopic (exact) mass is 704 g/mol. The lowest BCUT2D eigenvalue weighted by atomic mass is 9.88. The van der Waals surface area contributed by atoms with Gasteiger partial charge in [-0.3, -0.25) is 9.88 Å². The maximum Gasteiger partial charge on any atom is 0.0991 e. The molecule has 0 saturated carbocycles. The van der Waals surface area contributed by atoms with E-state index in [2.05, 4.69) is 91.6 Å². The quantitative estimate of drug-likeness (QED) is 0.190. The zero-order valence-electron chi connectivity index (χ0n) is 32.9. The number of pyridine rings is 1. The molecule has 1 aliphatic carbocycles. The second-order valence-corrected chi connectivity index (χ2v) is 11.5. The lowest BCUT2D eigenvalue weighted by Crippen LogP contribution is -2.47. The van der Waals surface area contributed by atoms with Gasteiger partial charge in [-0.2, -0.15) is 5.26 Å². The number of methoxy groups -OCH3 is 1. The highest BCUT2D eigenvalue weighted by Gasteiger charge is 2.35. The van der Waals surface area contributed by atoms with Crippen molar-refractivity contribution in [1.82, 2.24) is 29.7 Å². The number of aryl methyl sites for hydroxylation is 2. The highest BCUT2D eigenvalue weighted by molar-refractivity contribution is 5.89. The Labute approximate surface area is 313 Å². The number of ether oxygens (including phenoxy) is 1. The summed E-state index contributed by atoms with van der Waals surface area (Å²) in [5.41, 5.74) is 15.3. The summed E-state index contributed by atoms with van der Waals surface area (Å²) in [5.74, 6) is 0. The van der Waals surface area contributed by atoms with Gasteiger partial charge in [0.1, 0.15) is 0 Å². The molecule has 3 heterocycles. The summed E-state index contributed by atoms with van der Waals surface area (Å²) in [6, 6.07) is 20.7. The van der Waals surface area contributed by atoms with Crippen molar-refractivity contribution in [2.24, 2.45) is 12.8 Å². The van der Waals surface area contributed by atoms with E-state index in [1.165, 1.54) is 29.3 Å². The summed E-state index contributed by atoms with van der Waals surface area (Å²) < 4.78 is 6.60. The van der Waals surface area contributed by atoms with Gasteiger partial charge in [0.2, 0.25) is 0 Å². The van der Waals surface area contributed by atoms with E-state index in [1.807, 2.05) is 90.7 Å². The Balaban J connectivity index is 0.000000852. The number of benzene rings is 2. The van der Waals surface area contributed by atoms with Crippen LogP contribution >= 0.6 is 0 Å². The number of hydrogen-bond acceptors (Lipinski definition) is 8. The molecular weight excluding hydrogens is 645 g/mol. The Morgan fingerprint density at radius 1 is 1.08 bits per heavy atom. The van der Waals surface area contributed by atoms with Crippen molar-refractivity contribution in [2.45, 2.75) is 53.6 Å². The average molecular weight is 705 g/mol. The molecular formula is C43H60N8O. The van der Waals surface area contributed by atoms with Gasteiger partial charge in [-0.05, 0) is 79.2 Å². The van der Waals surface area contributed by atoms with Crippen LogP contribution in [0.1, 0.15) is 91.5 Å². The predicted molar refractivity (Wildman–Crippen MR) is 218 cm³/mol. The number of nitrogens with zero attached hydrogens (tertiary/aromatic N) is 6. The molecule has 9 heteroatoms. The topological polar surface area (TPSA) is 108 Å². The first kappa shape index (κ1) is 43.2. The van der Waals surface area contributed by atoms with Crippen molar-refractivity contribution >= 4 is 17.3 Å². The van der Waals surface area contributed by atoms with E-state index in [-0.39, 0.29) is 12.1 Å². The molecule has 2 atom stereocenters. The van der Waals surface area contributed by atoms with Crippen LogP contribution in [0.2, 0.25) is 0 Å². The van der Waals surface area contributed by atoms with Crippen molar-refractivity contribution in [1.29, 1.82) is 5.26 Å². The van der Waals surface area contributed by atoms with Crippen LogP contribution in [0.5, 0.6) is 0 Å². The van der Waals surface area contributed by atoms with Crippen LogP contribution in [-0.2, 0) is 11.8 Å². The molecule has 1 unspecified atom stereocenters. The van der Waals surface area contributed by atoms with Crippen molar-refractivity contribution < 1.29 is 4.74 Å². The minimum absolute atomic E-state index is 0.00629. The summed E-state index contributed by atoms with van der Waals surface area (Å²) in [4.78, 5) is 14.3. The van der Waals surface area contributed by atoms with Gasteiger partial charge in [-0.15, -0.1) is 0 Å². The zero-order chi connectivity index (χ0) is 38.6. The molecule has 6 rings (SSSR count). The Bertz CT molecular complexity index is 1740. The second kappa shape index (κ2) is 22.7. The van der Waals surface area contributed by atoms with Crippen LogP contribution in [0.25, 0.3) is 17.3 Å². The summed E-state index contributed by atoms with van der Waals surface area (Å²) in [5, 5.41) is 12.7. The molecule has 2 aliphatic rings. The number of fused-ring (bicyclic) bond motifs is 2. The van der Waals surface area contributed by atoms with E-state index < -0.39 is 0 Å². The van der Waals surface area contributed by atoms with Gasteiger partial charge in [0.05, 0.1) is 47.6 Å². The lowest BCUT2D eigenvalue weighted by molar-refractivity contribution is 0.143. The van der Waals surface area contributed by atoms with Crippen LogP contribution in [0.15, 0.2) is 92.7 Å². The molecule has 2 aromatic heterocycles. The van der Waals surface area contributed by atoms with Gasteiger partial charge in [0, 0.05) is 58.8 Å². The standard InChI is InChI=1S/C35H35N7.C3H8O.2C2H6.CH5N/c1-5-38-34(32-22-37-23-40(32)4)31-20-28-7-6-14-39-33(28)35(29-13-8-24(2)19-30(29)31)42-17-15-41(16-18-42)25(3)27-11-9-26(21-36)10-12-27;1-3-4-2;3*1-2/h5-14,19-20,22-23,34-35,38H,1,3,15-18H2,2,4H3;3H2,1-2H3;2*1-2H3;2H2,1H3/t34?,35-;;;;/m0..../s1. The Morgan fingerprint density at radius 2 is 1.73 bits per heavy atom. The Hall–Kier alpha value is -5.01. The molecule has 0 spiro atoms. The largest absolute Gasteiger partial charge is 0.385 e. The van der Waals surface area contributed by atoms with Crippen molar-refractivity contribution in [2.75, 3.05) is 46.9 Å². The van der Waals surface area contributed by atoms with Gasteiger partial charge in [-0.1, -0.05) is 82.8 Å². The molecule has 2 aromatic carbocycles. The molecule has 3 N–H and O–H groups in total. The predicted octanol–water partition coefficient (Wildman–Crippen LogP) is 7.98. The highest BCUT2D eigenvalue weighted by Crippen LogP contribution is 2.44. The zero-order valence-corrected chi connectivity index (χ0v) is 32.9. The summed E-state index contributed by atoms with van der Waals surface area (Å²) in [6.45, 7) is 24.8. The summed E-state index contributed by atoms with van der Waals surface area (Å²) in [6.07, 6.45) is 9.72. The third-order valence-electron chi connectivity index (χ3n) is 8.70. The van der Waals surface area contributed by atoms with Crippen LogP contribution in [-0.4, -0.2) is 71.3 Å². The van der Waals surface area contributed by atoms with E-state index in [0.29, 0.717) is 5.56 Å². The first-order chi connectivity index (χ1) is 25.4. The fourth-order valence-corrected chi connectivity index (χ4v) is 6.21. The third kappa shape index (κ3) is 10.5. The van der Waals surface area contributed by atoms with E-state index >= 15 is 0 Å². The number of piperazine rings is 1. The van der Waals surface area contributed by atoms with Crippen molar-refractivity contribution in [3.05, 3.63) is 137 Å². The van der Waals surface area contributed by atoms with E-state index in [0.717, 1.165) is 61.0 Å². The second-order valence-electron chi connectivity index (χ2n) is 11.5. The third-order valence-corrected chi connectivity index (χ3v) is 8.70. The molecule has 0 bridgehead atoms. The molecule has 9 nitrogen and oxygen atoms in total. The normalized spacial score (nSPS) is 14.8. The van der Waals surface area contributed by atoms with Crippen molar-refractivity contribution in [3.8, 4) is 6.07 Å². The first-order valence-corrected chi connectivity index (χ1v) is 18.3. The lowest BCUT2D eigenvalue weighted by Gasteiger charge is -2.41. The fourth-order valence-electron chi connectivity index (χ4n) is 6.21. The molecule has 278 valence electrons. The summed E-state index contributed by atoms with van der Waals surface area (Å²) in [7, 11) is 5.21. The van der Waals surface area contributed by atoms with Gasteiger partial charge in [0.15, 0.2) is 0 Å². The molecule has 52 heavy (non-hydrogen) atoms. The average Bonchev–Trinajstić information content (AvgIpc) is 3.58. The number of nitrogens with one attached hydrogen (secondary N) is 1. The smallest absolute Gasteiger partial charge is 0.0991 e. The van der Waals surface area contributed by atoms with Crippen molar-refractivity contribution in [3.63, 3.8) is 0 Å². The SMILES string of the molecule is C=CNC(C1=Cc2cccnc2[C@@H](N2CCN(C(=C)c3ccc(C#N)cc3)CC2)c2ccc(C)cc21)c1cncn1C.CC.CC.CCOC.CN. The number of hydrogen-bond donors (Lipinski definition) is 2. The number of nitriles is 1. The summed E-state index contributed by atoms with van der Waals surface area (Å²) >= 11 is 0. The maximum absolute atomic E-state index is 9.17. The number of nitrogens with two attached hydrogens (primary N) is 1. The fraction of sp³-hybridized carbons (Fsp3) is 0.372. The van der Waals surface area contributed by atoms with Gasteiger partial charge >= 0.3 is 0 Å². The van der Waals surface area contributed by atoms with E-state index in [1.54, 1.807) is 13.3 Å². The molecule has 1 aliphatic heterocycles. The minimum atomic E-state index is -0.130. The van der Waals surface area contributed by atoms with Crippen LogP contribution in [0, 0.1) is 18.3 Å². The maximum atomic E-state index is 9.17. The highest BCUT2D eigenvalue weighted by atomic mass is 16.5. The van der Waals surface area contributed by atoms with E-state index in [4.69, 9.17) is 10.2 Å². The number of rotatable bonds is 8. The van der Waals surface area contributed by atoms with Gasteiger partial charge in [0.25, 0.3) is 0 Å². The number of aromatic nitrogens is 3. The first-order valence-electron chi connectivity index (χ1n) is 18.3. The Morgan fingerprint density at radius 3 is 2.29 bits per heavy atom. The van der Waals surface area contributed by atoms with Crippen LogP contribution in [0.3, 0.4) is 0 Å². The molecule has 1 saturated heterocycles. The van der Waals surface area contributed by atoms with Gasteiger partial charge in [-0.25, -0.2) is 4.98 Å². The van der Waals surface area contributed by atoms with Crippen LogP contribution in [0.4, 0.5) is 0 Å².